The molecule has 1 aromatic rings. The molecular weight excluding hydrogens is 282 g/mol. The Balaban J connectivity index is 2.90. The molecule has 1 unspecified atom stereocenters. The van der Waals surface area contributed by atoms with Crippen LogP contribution in [0.3, 0.4) is 0 Å². The minimum absolute atomic E-state index is 0.198. The Kier molecular flexibility index (Phi) is 4.98. The number of ether oxygens (including phenoxy) is 1. The lowest BCUT2D eigenvalue weighted by Crippen LogP contribution is -2.28. The van der Waals surface area contributed by atoms with Gasteiger partial charge >= 0.3 is 0 Å². The Morgan fingerprint density at radius 1 is 1.47 bits per heavy atom. The summed E-state index contributed by atoms with van der Waals surface area (Å²) in [4.78, 5) is 0. The molecule has 0 aliphatic rings. The van der Waals surface area contributed by atoms with Crippen molar-refractivity contribution in [3.8, 4) is 5.75 Å². The minimum Gasteiger partial charge on any atom is -0.490 e. The first-order chi connectivity index (χ1) is 7.83. The van der Waals surface area contributed by atoms with Gasteiger partial charge in [-0.05, 0) is 46.0 Å². The number of benzene rings is 1. The van der Waals surface area contributed by atoms with Crippen molar-refractivity contribution in [1.82, 2.24) is 5.32 Å². The summed E-state index contributed by atoms with van der Waals surface area (Å²) in [5, 5.41) is 12.9. The van der Waals surface area contributed by atoms with E-state index in [9.17, 15) is 5.11 Å². The molecule has 3 nitrogen and oxygen atoms in total. The fourth-order valence-electron chi connectivity index (χ4n) is 1.40. The number of hydrogen-bond donors (Lipinski definition) is 2. The van der Waals surface area contributed by atoms with E-state index >= 15 is 0 Å². The van der Waals surface area contributed by atoms with Gasteiger partial charge in [0.05, 0.1) is 5.60 Å². The second-order valence-electron chi connectivity index (χ2n) is 4.79. The van der Waals surface area contributed by atoms with E-state index in [1.165, 1.54) is 0 Å². The molecule has 0 bridgehead atoms. The fourth-order valence-corrected chi connectivity index (χ4v) is 1.78. The van der Waals surface area contributed by atoms with Crippen LogP contribution in [0.15, 0.2) is 22.7 Å². The van der Waals surface area contributed by atoms with E-state index in [2.05, 4.69) is 28.2 Å². The van der Waals surface area contributed by atoms with E-state index in [-0.39, 0.29) is 12.6 Å². The molecule has 0 fully saturated rings. The van der Waals surface area contributed by atoms with Gasteiger partial charge in [0.1, 0.15) is 12.4 Å². The van der Waals surface area contributed by atoms with Gasteiger partial charge in [-0.15, -0.1) is 0 Å². The van der Waals surface area contributed by atoms with Gasteiger partial charge in [-0.3, -0.25) is 0 Å². The van der Waals surface area contributed by atoms with Crippen LogP contribution in [0.2, 0.25) is 0 Å². The maximum atomic E-state index is 9.67. The topological polar surface area (TPSA) is 41.5 Å². The summed E-state index contributed by atoms with van der Waals surface area (Å²) in [6.45, 7) is 5.80. The summed E-state index contributed by atoms with van der Waals surface area (Å²) in [7, 11) is 1.91. The third-order valence-electron chi connectivity index (χ3n) is 2.45. The minimum atomic E-state index is -0.826. The lowest BCUT2D eigenvalue weighted by molar-refractivity contribution is 0.0280. The van der Waals surface area contributed by atoms with Crippen LogP contribution in [0.4, 0.5) is 0 Å². The van der Waals surface area contributed by atoms with Crippen LogP contribution < -0.4 is 10.1 Å². The maximum Gasteiger partial charge on any atom is 0.124 e. The lowest BCUT2D eigenvalue weighted by atomic mass is 10.1. The highest BCUT2D eigenvalue weighted by atomic mass is 79.9. The van der Waals surface area contributed by atoms with E-state index in [4.69, 9.17) is 4.74 Å². The highest BCUT2D eigenvalue weighted by molar-refractivity contribution is 9.10. The highest BCUT2D eigenvalue weighted by Crippen LogP contribution is 2.28. The number of halogens is 1. The average Bonchev–Trinajstić information content (AvgIpc) is 2.25. The van der Waals surface area contributed by atoms with Crippen molar-refractivity contribution in [2.75, 3.05) is 13.7 Å². The number of nitrogens with one attached hydrogen (secondary N) is 1. The zero-order valence-electron chi connectivity index (χ0n) is 10.7. The predicted octanol–water partition coefficient (Wildman–Crippen LogP) is 2.88. The van der Waals surface area contributed by atoms with Gasteiger partial charge in [-0.2, -0.15) is 0 Å². The van der Waals surface area contributed by atoms with Crippen LogP contribution in [-0.2, 0) is 0 Å². The standard InChI is InChI=1S/C13H20BrNO2/c1-9(15-4)11-7-10(14)5-6-12(11)17-8-13(2,3)16/h5-7,9,15-16H,8H2,1-4H3. The molecule has 2 N–H and O–H groups in total. The lowest BCUT2D eigenvalue weighted by Gasteiger charge is -2.21. The predicted molar refractivity (Wildman–Crippen MR) is 73.4 cm³/mol. The van der Waals surface area contributed by atoms with Crippen LogP contribution in [0, 0.1) is 0 Å². The molecule has 0 heterocycles. The normalized spacial score (nSPS) is 13.5. The largest absolute Gasteiger partial charge is 0.490 e. The van der Waals surface area contributed by atoms with Gasteiger partial charge in [0.2, 0.25) is 0 Å². The van der Waals surface area contributed by atoms with Crippen molar-refractivity contribution in [3.63, 3.8) is 0 Å². The summed E-state index contributed by atoms with van der Waals surface area (Å²) in [6.07, 6.45) is 0. The van der Waals surface area contributed by atoms with Crippen molar-refractivity contribution < 1.29 is 9.84 Å². The summed E-state index contributed by atoms with van der Waals surface area (Å²) in [6, 6.07) is 6.08. The SMILES string of the molecule is CNC(C)c1cc(Br)ccc1OCC(C)(C)O. The molecule has 0 saturated heterocycles. The molecule has 4 heteroatoms. The molecule has 1 atom stereocenters. The third-order valence-corrected chi connectivity index (χ3v) is 2.95. The molecule has 0 saturated carbocycles. The number of hydrogen-bond acceptors (Lipinski definition) is 3. The molecule has 1 aromatic carbocycles. The zero-order valence-corrected chi connectivity index (χ0v) is 12.3. The van der Waals surface area contributed by atoms with E-state index in [1.807, 2.05) is 25.2 Å². The molecule has 0 aliphatic heterocycles. The monoisotopic (exact) mass is 301 g/mol. The first kappa shape index (κ1) is 14.5. The summed E-state index contributed by atoms with van der Waals surface area (Å²) in [5.74, 6) is 0.803. The molecule has 0 amide bonds. The van der Waals surface area contributed by atoms with E-state index in [0.29, 0.717) is 0 Å². The Morgan fingerprint density at radius 3 is 2.65 bits per heavy atom. The quantitative estimate of drug-likeness (QED) is 0.879. The van der Waals surface area contributed by atoms with E-state index in [1.54, 1.807) is 13.8 Å². The Bertz CT molecular complexity index is 374. The second kappa shape index (κ2) is 5.85. The van der Waals surface area contributed by atoms with Crippen LogP contribution in [0.5, 0.6) is 5.75 Å². The average molecular weight is 302 g/mol. The van der Waals surface area contributed by atoms with Gasteiger partial charge in [0, 0.05) is 16.1 Å². The Labute approximate surface area is 111 Å². The van der Waals surface area contributed by atoms with Gasteiger partial charge in [0.25, 0.3) is 0 Å². The smallest absolute Gasteiger partial charge is 0.124 e. The fraction of sp³-hybridized carbons (Fsp3) is 0.538. The van der Waals surface area contributed by atoms with Crippen molar-refractivity contribution in [2.24, 2.45) is 0 Å². The van der Waals surface area contributed by atoms with Crippen molar-refractivity contribution >= 4 is 15.9 Å². The van der Waals surface area contributed by atoms with E-state index in [0.717, 1.165) is 15.8 Å². The number of rotatable bonds is 5. The summed E-state index contributed by atoms with van der Waals surface area (Å²) in [5.41, 5.74) is 0.249. The second-order valence-corrected chi connectivity index (χ2v) is 5.71. The first-order valence-corrected chi connectivity index (χ1v) is 6.44. The molecule has 96 valence electrons. The van der Waals surface area contributed by atoms with Crippen molar-refractivity contribution in [2.45, 2.75) is 32.4 Å². The van der Waals surface area contributed by atoms with Gasteiger partial charge in [-0.1, -0.05) is 15.9 Å². The van der Waals surface area contributed by atoms with Gasteiger partial charge in [0.15, 0.2) is 0 Å². The molecule has 17 heavy (non-hydrogen) atoms. The molecule has 1 rings (SSSR count). The summed E-state index contributed by atoms with van der Waals surface area (Å²) < 4.78 is 6.69. The molecule has 0 radical (unpaired) electrons. The van der Waals surface area contributed by atoms with Gasteiger partial charge in [-0.25, -0.2) is 0 Å². The van der Waals surface area contributed by atoms with Crippen molar-refractivity contribution in [1.29, 1.82) is 0 Å². The van der Waals surface area contributed by atoms with Crippen LogP contribution in [0.1, 0.15) is 32.4 Å². The van der Waals surface area contributed by atoms with Crippen LogP contribution >= 0.6 is 15.9 Å². The molecule has 0 aliphatic carbocycles. The Hall–Kier alpha value is -0.580. The van der Waals surface area contributed by atoms with Gasteiger partial charge < -0.3 is 15.2 Å². The third kappa shape index (κ3) is 4.66. The molecule has 0 spiro atoms. The van der Waals surface area contributed by atoms with Crippen molar-refractivity contribution in [3.05, 3.63) is 28.2 Å². The van der Waals surface area contributed by atoms with E-state index < -0.39 is 5.60 Å². The first-order valence-electron chi connectivity index (χ1n) is 5.65. The Morgan fingerprint density at radius 2 is 2.12 bits per heavy atom. The van der Waals surface area contributed by atoms with Crippen LogP contribution in [-0.4, -0.2) is 24.4 Å². The maximum absolute atomic E-state index is 9.67. The summed E-state index contributed by atoms with van der Waals surface area (Å²) >= 11 is 3.45. The molecular formula is C13H20BrNO2. The molecule has 0 aromatic heterocycles. The number of aliphatic hydroxyl groups is 1. The van der Waals surface area contributed by atoms with Crippen LogP contribution in [0.25, 0.3) is 0 Å². The highest BCUT2D eigenvalue weighted by Gasteiger charge is 2.16. The zero-order chi connectivity index (χ0) is 13.1.